The average Bonchev–Trinajstić information content (AvgIpc) is 2.88. The van der Waals surface area contributed by atoms with Crippen molar-refractivity contribution in [3.63, 3.8) is 0 Å². The zero-order valence-electron chi connectivity index (χ0n) is 18.7. The molecule has 4 rings (SSSR count). The molecule has 3 aromatic rings. The number of pyridine rings is 1. The lowest BCUT2D eigenvalue weighted by Crippen LogP contribution is -2.38. The van der Waals surface area contributed by atoms with Crippen molar-refractivity contribution < 1.29 is 26.9 Å². The van der Waals surface area contributed by atoms with Crippen molar-refractivity contribution in [3.8, 4) is 6.07 Å². The summed E-state index contributed by atoms with van der Waals surface area (Å²) in [6.07, 6.45) is -3.79. The van der Waals surface area contributed by atoms with Crippen LogP contribution in [0.1, 0.15) is 22.7 Å². The minimum absolute atomic E-state index is 0.111. The molecule has 1 aliphatic heterocycles. The molecule has 0 bridgehead atoms. The fraction of sp³-hybridized carbons (Fsp3) is 0.115. The Kier molecular flexibility index (Phi) is 7.03. The number of aromatic nitrogens is 1. The first-order chi connectivity index (χ1) is 17.2. The number of rotatable bonds is 5. The van der Waals surface area contributed by atoms with Gasteiger partial charge in [-0.15, -0.1) is 0 Å². The van der Waals surface area contributed by atoms with Gasteiger partial charge in [0.15, 0.2) is 5.76 Å². The molecule has 1 aliphatic rings. The van der Waals surface area contributed by atoms with Crippen LogP contribution in [0.3, 0.4) is 0 Å². The zero-order valence-corrected chi connectivity index (χ0v) is 19.6. The van der Waals surface area contributed by atoms with Crippen molar-refractivity contribution in [2.24, 2.45) is 0 Å². The first-order valence-corrected chi connectivity index (χ1v) is 11.7. The molecule has 2 aromatic carbocycles. The smallest absolute Gasteiger partial charge is 0.437 e. The number of nitrogens with zero attached hydrogens (tertiary/aromatic N) is 2. The van der Waals surface area contributed by atoms with Gasteiger partial charge in [-0.25, -0.2) is 4.21 Å². The number of hydrogen-bond donors (Lipinski definition) is 1. The summed E-state index contributed by atoms with van der Waals surface area (Å²) < 4.78 is 59.0. The van der Waals surface area contributed by atoms with Crippen LogP contribution in [-0.2, 0) is 20.3 Å². The molecule has 1 unspecified atom stereocenters. The summed E-state index contributed by atoms with van der Waals surface area (Å²) in [5.41, 5.74) is 1.25. The summed E-state index contributed by atoms with van der Waals surface area (Å²) in [6, 6.07) is 21.9. The van der Waals surface area contributed by atoms with E-state index in [0.717, 1.165) is 5.56 Å². The van der Waals surface area contributed by atoms with Gasteiger partial charge in [0, 0.05) is 11.1 Å². The molecule has 2 heterocycles. The highest BCUT2D eigenvalue weighted by Gasteiger charge is 2.43. The molecule has 182 valence electrons. The molecule has 0 spiro atoms. The molecule has 1 aromatic heterocycles. The van der Waals surface area contributed by atoms with Gasteiger partial charge in [-0.2, -0.15) is 18.4 Å². The van der Waals surface area contributed by atoms with Crippen LogP contribution in [0.5, 0.6) is 0 Å². The normalized spacial score (nSPS) is 16.7. The molecule has 2 atom stereocenters. The van der Waals surface area contributed by atoms with Gasteiger partial charge < -0.3 is 4.74 Å². The zero-order chi connectivity index (χ0) is 25.9. The number of halogens is 3. The van der Waals surface area contributed by atoms with Crippen molar-refractivity contribution in [1.29, 1.82) is 5.26 Å². The molecule has 36 heavy (non-hydrogen) atoms. The molecule has 1 amide bonds. The molecular weight excluding hydrogens is 491 g/mol. The van der Waals surface area contributed by atoms with Gasteiger partial charge in [-0.05, 0) is 36.8 Å². The van der Waals surface area contributed by atoms with Crippen LogP contribution in [0, 0.1) is 18.3 Å². The maximum atomic E-state index is 14.0. The number of hydrogen-bond acceptors (Lipinski definition) is 5. The second-order valence-electron chi connectivity index (χ2n) is 7.74. The first-order valence-electron chi connectivity index (χ1n) is 10.6. The van der Waals surface area contributed by atoms with E-state index in [9.17, 15) is 27.4 Å². The van der Waals surface area contributed by atoms with E-state index >= 15 is 0 Å². The SMILES string of the molecule is Cc1ccc(S(=O)C2=C(c3ccccn3)OC(NC(=O)C(F)(F)F)=C(C#N)[C@H]2c2ccccc2)cc1. The summed E-state index contributed by atoms with van der Waals surface area (Å²) in [6.45, 7) is 1.87. The van der Waals surface area contributed by atoms with Crippen molar-refractivity contribution in [3.05, 3.63) is 112 Å². The lowest BCUT2D eigenvalue weighted by atomic mass is 9.89. The van der Waals surface area contributed by atoms with E-state index < -0.39 is 34.7 Å². The molecule has 0 fully saturated rings. The number of amides is 1. The number of aryl methyl sites for hydroxylation is 1. The van der Waals surface area contributed by atoms with Gasteiger partial charge in [-0.3, -0.25) is 15.1 Å². The second kappa shape index (κ2) is 10.2. The summed E-state index contributed by atoms with van der Waals surface area (Å²) in [4.78, 5) is 16.5. The highest BCUT2D eigenvalue weighted by Crippen LogP contribution is 2.45. The molecule has 10 heteroatoms. The van der Waals surface area contributed by atoms with Crippen molar-refractivity contribution in [2.75, 3.05) is 0 Å². The number of allylic oxidation sites excluding steroid dienone is 2. The Bertz CT molecular complexity index is 1410. The van der Waals surface area contributed by atoms with Gasteiger partial charge in [0.05, 0.1) is 21.6 Å². The number of carbonyl (C=O) groups is 1. The van der Waals surface area contributed by atoms with Crippen LogP contribution in [0.15, 0.2) is 100 Å². The Labute approximate surface area is 207 Å². The Morgan fingerprint density at radius 3 is 2.31 bits per heavy atom. The fourth-order valence-corrected chi connectivity index (χ4v) is 5.02. The van der Waals surface area contributed by atoms with E-state index in [1.807, 2.05) is 13.0 Å². The van der Waals surface area contributed by atoms with Crippen molar-refractivity contribution >= 4 is 22.5 Å². The maximum Gasteiger partial charge on any atom is 0.471 e. The number of alkyl halides is 3. The van der Waals surface area contributed by atoms with Gasteiger partial charge in [0.25, 0.3) is 0 Å². The number of carbonyl (C=O) groups excluding carboxylic acids is 1. The third-order valence-corrected chi connectivity index (χ3v) is 6.81. The van der Waals surface area contributed by atoms with Crippen LogP contribution in [0.25, 0.3) is 5.76 Å². The molecular formula is C26H18F3N3O3S. The summed E-state index contributed by atoms with van der Waals surface area (Å²) in [7, 11) is -1.91. The molecule has 0 saturated carbocycles. The number of nitrogens with one attached hydrogen (secondary N) is 1. The Morgan fingerprint density at radius 1 is 1.06 bits per heavy atom. The monoisotopic (exact) mass is 509 g/mol. The van der Waals surface area contributed by atoms with Crippen molar-refractivity contribution in [1.82, 2.24) is 10.3 Å². The molecule has 0 saturated heterocycles. The van der Waals surface area contributed by atoms with Gasteiger partial charge >= 0.3 is 12.1 Å². The van der Waals surface area contributed by atoms with Crippen LogP contribution >= 0.6 is 0 Å². The highest BCUT2D eigenvalue weighted by atomic mass is 32.2. The lowest BCUT2D eigenvalue weighted by Gasteiger charge is -2.30. The lowest BCUT2D eigenvalue weighted by molar-refractivity contribution is -0.173. The topological polar surface area (TPSA) is 92.1 Å². The maximum absolute atomic E-state index is 14.0. The van der Waals surface area contributed by atoms with E-state index in [0.29, 0.717) is 10.5 Å². The van der Waals surface area contributed by atoms with Crippen LogP contribution in [0.2, 0.25) is 0 Å². The quantitative estimate of drug-likeness (QED) is 0.517. The van der Waals surface area contributed by atoms with E-state index in [2.05, 4.69) is 4.98 Å². The Hall–Kier alpha value is -4.23. The largest absolute Gasteiger partial charge is 0.471 e. The van der Waals surface area contributed by atoms with Gasteiger partial charge in [0.2, 0.25) is 5.88 Å². The van der Waals surface area contributed by atoms with Crippen LogP contribution in [-0.4, -0.2) is 21.3 Å². The minimum Gasteiger partial charge on any atom is -0.437 e. The summed E-state index contributed by atoms with van der Waals surface area (Å²) in [5.74, 6) is -4.20. The van der Waals surface area contributed by atoms with E-state index in [1.54, 1.807) is 72.0 Å². The third-order valence-electron chi connectivity index (χ3n) is 5.29. The molecule has 6 nitrogen and oxygen atoms in total. The highest BCUT2D eigenvalue weighted by molar-refractivity contribution is 7.89. The predicted molar refractivity (Wildman–Crippen MR) is 126 cm³/mol. The summed E-state index contributed by atoms with van der Waals surface area (Å²) >= 11 is 0. The third kappa shape index (κ3) is 5.06. The molecule has 0 radical (unpaired) electrons. The number of ether oxygens (including phenoxy) is 1. The first kappa shape index (κ1) is 24.9. The number of benzene rings is 2. The van der Waals surface area contributed by atoms with E-state index in [1.165, 1.54) is 12.3 Å². The number of nitriles is 1. The second-order valence-corrected chi connectivity index (χ2v) is 9.19. The van der Waals surface area contributed by atoms with Crippen LogP contribution in [0.4, 0.5) is 13.2 Å². The van der Waals surface area contributed by atoms with Gasteiger partial charge in [-0.1, -0.05) is 54.1 Å². The van der Waals surface area contributed by atoms with Gasteiger partial charge in [0.1, 0.15) is 17.3 Å². The van der Waals surface area contributed by atoms with E-state index in [-0.39, 0.29) is 21.9 Å². The summed E-state index contributed by atoms with van der Waals surface area (Å²) in [5, 5.41) is 11.7. The Morgan fingerprint density at radius 2 is 1.72 bits per heavy atom. The molecule has 1 N–H and O–H groups in total. The molecule has 0 aliphatic carbocycles. The van der Waals surface area contributed by atoms with E-state index in [4.69, 9.17) is 4.74 Å². The average molecular weight is 510 g/mol. The predicted octanol–water partition coefficient (Wildman–Crippen LogP) is 5.09. The van der Waals surface area contributed by atoms with Crippen LogP contribution < -0.4 is 5.32 Å². The van der Waals surface area contributed by atoms with Crippen molar-refractivity contribution in [2.45, 2.75) is 23.9 Å². The Balaban J connectivity index is 1.99. The standard InChI is InChI=1S/C26H18F3N3O3S/c1-16-10-12-18(13-11-16)36(34)23-21(17-7-3-2-4-8-17)19(15-30)24(32-25(33)26(27,28)29)35-22(23)20-9-5-6-14-31-20/h2-14,21H,1H3,(H,32,33)/t21-,36?/m1/s1. The minimum atomic E-state index is -5.22. The fourth-order valence-electron chi connectivity index (χ4n) is 3.60.